The van der Waals surface area contributed by atoms with Crippen molar-refractivity contribution in [2.45, 2.75) is 0 Å². The summed E-state index contributed by atoms with van der Waals surface area (Å²) in [7, 11) is 5.14. The van der Waals surface area contributed by atoms with Gasteiger partial charge in [0.25, 0.3) is 0 Å². The quantitative estimate of drug-likeness (QED) is 0.551. The maximum atomic E-state index is 5.24. The van der Waals surface area contributed by atoms with E-state index in [1.54, 1.807) is 21.3 Å². The number of ether oxygens (including phenoxy) is 3. The monoisotopic (exact) mass is 222 g/mol. The first-order valence-electron chi connectivity index (χ1n) is 4.50. The van der Waals surface area contributed by atoms with E-state index in [0.717, 1.165) is 0 Å². The van der Waals surface area contributed by atoms with E-state index in [4.69, 9.17) is 14.2 Å². The van der Waals surface area contributed by atoms with Crippen LogP contribution in [0.3, 0.4) is 0 Å². The molecule has 1 rings (SSSR count). The average Bonchev–Trinajstić information content (AvgIpc) is 2.30. The Bertz CT molecular complexity index is 316. The van der Waals surface area contributed by atoms with Crippen molar-refractivity contribution in [3.63, 3.8) is 0 Å². The Hall–Kier alpha value is -1.42. The van der Waals surface area contributed by atoms with Crippen LogP contribution in [0, 0.1) is 0 Å². The van der Waals surface area contributed by atoms with Crippen LogP contribution >= 0.6 is 0 Å². The second-order valence-electron chi connectivity index (χ2n) is 2.72. The van der Waals surface area contributed by atoms with Crippen LogP contribution in [0.1, 0.15) is 0 Å². The van der Waals surface area contributed by atoms with Gasteiger partial charge in [0.2, 0.25) is 0 Å². The molecule has 0 aromatic heterocycles. The summed E-state index contributed by atoms with van der Waals surface area (Å²) < 4.78 is 15.4. The lowest BCUT2D eigenvalue weighted by Crippen LogP contribution is -2.19. The summed E-state index contributed by atoms with van der Waals surface area (Å²) >= 11 is 0. The number of benzene rings is 1. The molecule has 2 radical (unpaired) electrons. The zero-order valence-electron chi connectivity index (χ0n) is 9.11. The SMILES string of the molecule is COC(OC)=C(OC)[Si]c1ccccc1. The van der Waals surface area contributed by atoms with E-state index in [2.05, 4.69) is 0 Å². The minimum absolute atomic E-state index is 0.397. The number of hydrogen-bond acceptors (Lipinski definition) is 3. The summed E-state index contributed by atoms with van der Waals surface area (Å²) in [4.78, 5) is 0. The highest BCUT2D eigenvalue weighted by Gasteiger charge is 2.10. The molecule has 3 nitrogen and oxygen atoms in total. The van der Waals surface area contributed by atoms with Gasteiger partial charge in [-0.1, -0.05) is 35.5 Å². The lowest BCUT2D eigenvalue weighted by atomic mass is 10.4. The molecule has 1 aromatic rings. The molecule has 0 unspecified atom stereocenters. The van der Waals surface area contributed by atoms with Crippen molar-refractivity contribution in [3.05, 3.63) is 41.7 Å². The fourth-order valence-corrected chi connectivity index (χ4v) is 2.14. The molecule has 0 N–H and O–H groups in total. The largest absolute Gasteiger partial charge is 0.499 e. The van der Waals surface area contributed by atoms with Gasteiger partial charge in [0.05, 0.1) is 21.3 Å². The highest BCUT2D eigenvalue weighted by Crippen LogP contribution is 2.05. The lowest BCUT2D eigenvalue weighted by Gasteiger charge is -2.10. The summed E-state index contributed by atoms with van der Waals surface area (Å²) in [5.74, 6) is 0.430. The standard InChI is InChI=1S/C11H14O3Si/c1-12-10(13-2)11(14-3)15-9-7-5-4-6-8-9/h4-8H,1-3H3. The van der Waals surface area contributed by atoms with Crippen molar-refractivity contribution in [2.75, 3.05) is 21.3 Å². The van der Waals surface area contributed by atoms with Crippen molar-refractivity contribution in [1.29, 1.82) is 0 Å². The minimum Gasteiger partial charge on any atom is -0.499 e. The van der Waals surface area contributed by atoms with Gasteiger partial charge in [0.1, 0.15) is 0 Å². The van der Waals surface area contributed by atoms with Crippen LogP contribution in [0.2, 0.25) is 0 Å². The van der Waals surface area contributed by atoms with Gasteiger partial charge in [-0.25, -0.2) is 0 Å². The summed E-state index contributed by atoms with van der Waals surface area (Å²) in [5, 5.41) is 1.90. The molecule has 0 saturated heterocycles. The summed E-state index contributed by atoms with van der Waals surface area (Å²) in [5.41, 5.74) is 0. The van der Waals surface area contributed by atoms with Crippen molar-refractivity contribution < 1.29 is 14.2 Å². The van der Waals surface area contributed by atoms with E-state index in [1.807, 2.05) is 30.3 Å². The molecule has 0 atom stereocenters. The predicted molar refractivity (Wildman–Crippen MR) is 59.9 cm³/mol. The molecule has 0 aliphatic carbocycles. The normalized spacial score (nSPS) is 9.27. The third kappa shape index (κ3) is 3.32. The van der Waals surface area contributed by atoms with Crippen LogP contribution in [-0.2, 0) is 14.2 Å². The van der Waals surface area contributed by atoms with Crippen LogP contribution in [-0.4, -0.2) is 30.8 Å². The van der Waals surface area contributed by atoms with Crippen LogP contribution in [0.5, 0.6) is 0 Å². The molecular weight excluding hydrogens is 208 g/mol. The second-order valence-corrected chi connectivity index (χ2v) is 4.00. The molecular formula is C11H14O3Si. The molecule has 15 heavy (non-hydrogen) atoms. The van der Waals surface area contributed by atoms with Crippen molar-refractivity contribution in [1.82, 2.24) is 0 Å². The van der Waals surface area contributed by atoms with Gasteiger partial charge in [-0.05, 0) is 0 Å². The van der Waals surface area contributed by atoms with Crippen LogP contribution in [0.4, 0.5) is 0 Å². The molecule has 0 fully saturated rings. The summed E-state index contributed by atoms with van der Waals surface area (Å²) in [6, 6.07) is 10.1. The average molecular weight is 222 g/mol. The Morgan fingerprint density at radius 2 is 1.53 bits per heavy atom. The molecule has 1 aromatic carbocycles. The van der Waals surface area contributed by atoms with Crippen molar-refractivity contribution in [3.8, 4) is 0 Å². The van der Waals surface area contributed by atoms with Gasteiger partial charge in [0.15, 0.2) is 14.9 Å². The minimum atomic E-state index is 0.397. The van der Waals surface area contributed by atoms with Gasteiger partial charge in [0, 0.05) is 0 Å². The third-order valence-corrected chi connectivity index (χ3v) is 3.05. The zero-order chi connectivity index (χ0) is 11.1. The van der Waals surface area contributed by atoms with Crippen molar-refractivity contribution in [2.24, 2.45) is 0 Å². The molecule has 0 aliphatic rings. The Labute approximate surface area is 92.5 Å². The molecule has 0 aliphatic heterocycles. The lowest BCUT2D eigenvalue weighted by molar-refractivity contribution is 0.0756. The number of rotatable bonds is 5. The fraction of sp³-hybridized carbons (Fsp3) is 0.273. The van der Waals surface area contributed by atoms with Gasteiger partial charge < -0.3 is 14.2 Å². The van der Waals surface area contributed by atoms with E-state index in [-0.39, 0.29) is 0 Å². The molecule has 4 heteroatoms. The van der Waals surface area contributed by atoms with E-state index >= 15 is 0 Å². The Morgan fingerprint density at radius 1 is 0.933 bits per heavy atom. The summed E-state index contributed by atoms with van der Waals surface area (Å²) in [6.07, 6.45) is 0. The maximum Gasteiger partial charge on any atom is 0.312 e. The fourth-order valence-electron chi connectivity index (χ4n) is 1.11. The van der Waals surface area contributed by atoms with Gasteiger partial charge in [-0.3, -0.25) is 0 Å². The highest BCUT2D eigenvalue weighted by molar-refractivity contribution is 6.60. The molecule has 80 valence electrons. The molecule has 0 saturated carbocycles. The Kier molecular flexibility index (Phi) is 4.76. The van der Waals surface area contributed by atoms with E-state index in [1.165, 1.54) is 5.19 Å². The number of hydrogen-bond donors (Lipinski definition) is 0. The van der Waals surface area contributed by atoms with Crippen molar-refractivity contribution >= 4 is 14.7 Å². The highest BCUT2D eigenvalue weighted by atomic mass is 28.2. The predicted octanol–water partition coefficient (Wildman–Crippen LogP) is 1.08. The Morgan fingerprint density at radius 3 is 2.00 bits per heavy atom. The van der Waals surface area contributed by atoms with E-state index in [9.17, 15) is 0 Å². The molecule has 0 spiro atoms. The van der Waals surface area contributed by atoms with Gasteiger partial charge in [-0.2, -0.15) is 0 Å². The molecule has 0 heterocycles. The third-order valence-electron chi connectivity index (χ3n) is 1.79. The smallest absolute Gasteiger partial charge is 0.312 e. The Balaban J connectivity index is 2.82. The zero-order valence-corrected chi connectivity index (χ0v) is 10.1. The van der Waals surface area contributed by atoms with Crippen LogP contribution in [0.25, 0.3) is 0 Å². The van der Waals surface area contributed by atoms with E-state index < -0.39 is 0 Å². The first kappa shape index (κ1) is 11.7. The van der Waals surface area contributed by atoms with Crippen LogP contribution in [0.15, 0.2) is 41.7 Å². The van der Waals surface area contributed by atoms with Gasteiger partial charge >= 0.3 is 5.95 Å². The molecule has 0 amide bonds. The van der Waals surface area contributed by atoms with Gasteiger partial charge in [-0.15, -0.1) is 0 Å². The molecule has 0 bridgehead atoms. The first-order valence-corrected chi connectivity index (χ1v) is 5.50. The summed E-state index contributed by atoms with van der Waals surface area (Å²) in [6.45, 7) is 0. The van der Waals surface area contributed by atoms with E-state index in [0.29, 0.717) is 20.8 Å². The maximum absolute atomic E-state index is 5.24. The topological polar surface area (TPSA) is 27.7 Å². The number of methoxy groups -OCH3 is 3. The first-order chi connectivity index (χ1) is 7.31. The second kappa shape index (κ2) is 6.13. The van der Waals surface area contributed by atoms with Crippen LogP contribution < -0.4 is 5.19 Å².